The van der Waals surface area contributed by atoms with E-state index in [1.165, 1.54) is 0 Å². The van der Waals surface area contributed by atoms with Crippen molar-refractivity contribution in [3.63, 3.8) is 0 Å². The number of rotatable bonds is 5. The summed E-state index contributed by atoms with van der Waals surface area (Å²) >= 11 is 0. The highest BCUT2D eigenvalue weighted by atomic mass is 16.2. The lowest BCUT2D eigenvalue weighted by molar-refractivity contribution is -0.134. The van der Waals surface area contributed by atoms with Crippen molar-refractivity contribution in [1.29, 1.82) is 0 Å². The zero-order chi connectivity index (χ0) is 12.0. The number of carbonyl (C=O) groups excluding carboxylic acids is 1. The minimum atomic E-state index is -0.284. The van der Waals surface area contributed by atoms with Gasteiger partial charge in [0.25, 0.3) is 0 Å². The maximum Gasteiger partial charge on any atom is 0.239 e. The van der Waals surface area contributed by atoms with Crippen LogP contribution in [-0.4, -0.2) is 54.5 Å². The number of likely N-dealkylation sites (N-methyl/N-ethyl adjacent to an activating group) is 1. The lowest BCUT2D eigenvalue weighted by Crippen LogP contribution is -2.53. The number of nitrogens with zero attached hydrogens (tertiary/aromatic N) is 2. The van der Waals surface area contributed by atoms with Crippen molar-refractivity contribution >= 4 is 5.91 Å². The van der Waals surface area contributed by atoms with E-state index in [1.54, 1.807) is 0 Å². The number of nitrogens with two attached hydrogens (primary N) is 1. The number of hydrogen-bond acceptors (Lipinski definition) is 3. The van der Waals surface area contributed by atoms with Gasteiger partial charge >= 0.3 is 0 Å². The van der Waals surface area contributed by atoms with E-state index in [0.717, 1.165) is 52.0 Å². The summed E-state index contributed by atoms with van der Waals surface area (Å²) in [6.07, 6.45) is 2.97. The molecule has 0 radical (unpaired) electrons. The summed E-state index contributed by atoms with van der Waals surface area (Å²) in [6.45, 7) is 9.01. The quantitative estimate of drug-likeness (QED) is 0.751. The molecular weight excluding hydrogens is 202 g/mol. The second-order valence-electron chi connectivity index (χ2n) is 4.51. The van der Waals surface area contributed by atoms with E-state index in [4.69, 9.17) is 5.73 Å². The van der Waals surface area contributed by atoms with Crippen LogP contribution in [0.25, 0.3) is 0 Å². The molecule has 0 aromatic carbocycles. The molecule has 1 amide bonds. The lowest BCUT2D eigenvalue weighted by Gasteiger charge is -2.35. The molecule has 0 unspecified atom stereocenters. The molecule has 94 valence electrons. The van der Waals surface area contributed by atoms with Crippen LogP contribution in [0.5, 0.6) is 0 Å². The largest absolute Gasteiger partial charge is 0.339 e. The third-order valence-corrected chi connectivity index (χ3v) is 3.32. The molecule has 0 aromatic rings. The Kier molecular flexibility index (Phi) is 5.77. The van der Waals surface area contributed by atoms with E-state index in [1.807, 2.05) is 4.90 Å². The summed E-state index contributed by atoms with van der Waals surface area (Å²) in [7, 11) is 0. The minimum absolute atomic E-state index is 0.143. The molecule has 0 bridgehead atoms. The van der Waals surface area contributed by atoms with Gasteiger partial charge in [0.15, 0.2) is 0 Å². The summed E-state index contributed by atoms with van der Waals surface area (Å²) in [5.41, 5.74) is 5.90. The molecule has 1 aliphatic rings. The first-order valence-electron chi connectivity index (χ1n) is 6.45. The van der Waals surface area contributed by atoms with Crippen LogP contribution < -0.4 is 5.73 Å². The summed E-state index contributed by atoms with van der Waals surface area (Å²) in [4.78, 5) is 16.3. The van der Waals surface area contributed by atoms with Crippen LogP contribution in [0.15, 0.2) is 0 Å². The Morgan fingerprint density at radius 2 is 1.88 bits per heavy atom. The van der Waals surface area contributed by atoms with E-state index in [-0.39, 0.29) is 11.9 Å². The molecule has 1 heterocycles. The Morgan fingerprint density at radius 1 is 1.25 bits per heavy atom. The van der Waals surface area contributed by atoms with Gasteiger partial charge in [0.1, 0.15) is 0 Å². The minimum Gasteiger partial charge on any atom is -0.339 e. The first-order valence-corrected chi connectivity index (χ1v) is 6.45. The highest BCUT2D eigenvalue weighted by molar-refractivity contribution is 5.81. The molecule has 4 nitrogen and oxygen atoms in total. The van der Waals surface area contributed by atoms with Gasteiger partial charge in [-0.1, -0.05) is 26.7 Å². The molecule has 1 fully saturated rings. The van der Waals surface area contributed by atoms with E-state index in [2.05, 4.69) is 18.7 Å². The van der Waals surface area contributed by atoms with Crippen molar-refractivity contribution in [2.75, 3.05) is 32.7 Å². The topological polar surface area (TPSA) is 49.6 Å². The monoisotopic (exact) mass is 227 g/mol. The Balaban J connectivity index is 2.32. The number of unbranched alkanes of at least 4 members (excludes halogenated alkanes) is 1. The van der Waals surface area contributed by atoms with Crippen LogP contribution in [0.3, 0.4) is 0 Å². The molecule has 0 saturated carbocycles. The fourth-order valence-corrected chi connectivity index (χ4v) is 2.07. The molecule has 0 aliphatic carbocycles. The number of piperazine rings is 1. The number of carbonyl (C=O) groups is 1. The highest BCUT2D eigenvalue weighted by Gasteiger charge is 2.23. The van der Waals surface area contributed by atoms with Gasteiger partial charge in [-0.25, -0.2) is 0 Å². The standard InChI is InChI=1S/C12H25N3O/c1-3-5-6-11(13)12(16)15-9-7-14(4-2)8-10-15/h11H,3-10,13H2,1-2H3/t11-/m0/s1. The fourth-order valence-electron chi connectivity index (χ4n) is 2.07. The van der Waals surface area contributed by atoms with Gasteiger partial charge in [-0.05, 0) is 13.0 Å². The summed E-state index contributed by atoms with van der Waals surface area (Å²) in [6, 6.07) is -0.284. The molecule has 1 rings (SSSR count). The van der Waals surface area contributed by atoms with Crippen LogP contribution in [0.2, 0.25) is 0 Å². The Hall–Kier alpha value is -0.610. The molecule has 0 aromatic heterocycles. The number of amides is 1. The van der Waals surface area contributed by atoms with Crippen molar-refractivity contribution in [1.82, 2.24) is 9.80 Å². The highest BCUT2D eigenvalue weighted by Crippen LogP contribution is 2.06. The van der Waals surface area contributed by atoms with Gasteiger partial charge in [0.05, 0.1) is 6.04 Å². The van der Waals surface area contributed by atoms with Crippen LogP contribution in [0.1, 0.15) is 33.1 Å². The van der Waals surface area contributed by atoms with Crippen LogP contribution in [-0.2, 0) is 4.79 Å². The van der Waals surface area contributed by atoms with Crippen LogP contribution in [0.4, 0.5) is 0 Å². The normalized spacial score (nSPS) is 19.8. The fraction of sp³-hybridized carbons (Fsp3) is 0.917. The second-order valence-corrected chi connectivity index (χ2v) is 4.51. The van der Waals surface area contributed by atoms with Gasteiger partial charge in [0.2, 0.25) is 5.91 Å². The lowest BCUT2D eigenvalue weighted by atomic mass is 10.1. The Morgan fingerprint density at radius 3 is 2.38 bits per heavy atom. The molecule has 0 spiro atoms. The summed E-state index contributed by atoms with van der Waals surface area (Å²) < 4.78 is 0. The van der Waals surface area contributed by atoms with Crippen LogP contribution in [0, 0.1) is 0 Å². The number of hydrogen-bond donors (Lipinski definition) is 1. The predicted molar refractivity (Wildman–Crippen MR) is 66.2 cm³/mol. The van der Waals surface area contributed by atoms with Crippen LogP contribution >= 0.6 is 0 Å². The van der Waals surface area contributed by atoms with Crippen molar-refractivity contribution in [2.45, 2.75) is 39.2 Å². The molecule has 1 atom stereocenters. The molecular formula is C12H25N3O. The van der Waals surface area contributed by atoms with Gasteiger partial charge in [0, 0.05) is 26.2 Å². The van der Waals surface area contributed by atoms with Crippen molar-refractivity contribution in [3.8, 4) is 0 Å². The first-order chi connectivity index (χ1) is 7.69. The Bertz CT molecular complexity index is 212. The second kappa shape index (κ2) is 6.86. The van der Waals surface area contributed by atoms with E-state index < -0.39 is 0 Å². The summed E-state index contributed by atoms with van der Waals surface area (Å²) in [5, 5.41) is 0. The molecule has 16 heavy (non-hydrogen) atoms. The maximum atomic E-state index is 12.0. The molecule has 1 saturated heterocycles. The molecule has 1 aliphatic heterocycles. The van der Waals surface area contributed by atoms with Crippen molar-refractivity contribution in [3.05, 3.63) is 0 Å². The molecule has 4 heteroatoms. The maximum absolute atomic E-state index is 12.0. The smallest absolute Gasteiger partial charge is 0.239 e. The summed E-state index contributed by atoms with van der Waals surface area (Å²) in [5.74, 6) is 0.143. The zero-order valence-corrected chi connectivity index (χ0v) is 10.6. The third kappa shape index (κ3) is 3.76. The first kappa shape index (κ1) is 13.5. The predicted octanol–water partition coefficient (Wildman–Crippen LogP) is 0.668. The van der Waals surface area contributed by atoms with Crippen molar-refractivity contribution < 1.29 is 4.79 Å². The molecule has 2 N–H and O–H groups in total. The van der Waals surface area contributed by atoms with Crippen molar-refractivity contribution in [2.24, 2.45) is 5.73 Å². The van der Waals surface area contributed by atoms with Gasteiger partial charge in [-0.15, -0.1) is 0 Å². The van der Waals surface area contributed by atoms with Gasteiger partial charge < -0.3 is 15.5 Å². The third-order valence-electron chi connectivity index (χ3n) is 3.32. The Labute approximate surface area is 98.8 Å². The van der Waals surface area contributed by atoms with E-state index in [9.17, 15) is 4.79 Å². The average Bonchev–Trinajstić information content (AvgIpc) is 2.35. The van der Waals surface area contributed by atoms with E-state index in [0.29, 0.717) is 0 Å². The SMILES string of the molecule is CCCC[C@H](N)C(=O)N1CCN(CC)CC1. The van der Waals surface area contributed by atoms with Gasteiger partial charge in [-0.2, -0.15) is 0 Å². The average molecular weight is 227 g/mol. The van der Waals surface area contributed by atoms with Gasteiger partial charge in [-0.3, -0.25) is 4.79 Å². The van der Waals surface area contributed by atoms with E-state index >= 15 is 0 Å². The zero-order valence-electron chi connectivity index (χ0n) is 10.6.